The third-order valence-electron chi connectivity index (χ3n) is 5.11. The third-order valence-corrected chi connectivity index (χ3v) is 5.11. The molecule has 1 aliphatic heterocycles. The highest BCUT2D eigenvalue weighted by Gasteiger charge is 2.39. The van der Waals surface area contributed by atoms with Gasteiger partial charge in [-0.15, -0.1) is 0 Å². The normalized spacial score (nSPS) is 44.1. The van der Waals surface area contributed by atoms with Crippen LogP contribution in [0.1, 0.15) is 45.4 Å². The zero-order valence-corrected chi connectivity index (χ0v) is 10.5. The maximum atomic E-state index is 5.73. The van der Waals surface area contributed by atoms with Gasteiger partial charge in [-0.25, -0.2) is 0 Å². The molecule has 16 heavy (non-hydrogen) atoms. The maximum Gasteiger partial charge on any atom is 0.0726 e. The Morgan fingerprint density at radius 3 is 2.81 bits per heavy atom. The Kier molecular flexibility index (Phi) is 3.21. The summed E-state index contributed by atoms with van der Waals surface area (Å²) >= 11 is 0. The van der Waals surface area contributed by atoms with E-state index in [9.17, 15) is 0 Å². The smallest absolute Gasteiger partial charge is 0.0726 e. The van der Waals surface area contributed by atoms with Gasteiger partial charge in [-0.3, -0.25) is 0 Å². The number of fused-ring (bicyclic) bond motifs is 2. The van der Waals surface area contributed by atoms with Crippen LogP contribution in [0.3, 0.4) is 0 Å². The molecule has 92 valence electrons. The molecule has 0 aromatic heterocycles. The zero-order valence-electron chi connectivity index (χ0n) is 10.5. The van der Waals surface area contributed by atoms with Crippen molar-refractivity contribution < 1.29 is 4.74 Å². The van der Waals surface area contributed by atoms with Gasteiger partial charge in [0.15, 0.2) is 0 Å². The summed E-state index contributed by atoms with van der Waals surface area (Å²) in [4.78, 5) is 0. The Morgan fingerprint density at radius 2 is 2.19 bits per heavy atom. The number of hydrogen-bond acceptors (Lipinski definition) is 2. The molecule has 0 radical (unpaired) electrons. The van der Waals surface area contributed by atoms with E-state index < -0.39 is 0 Å². The molecule has 1 saturated heterocycles. The van der Waals surface area contributed by atoms with Crippen molar-refractivity contribution in [2.75, 3.05) is 13.2 Å². The van der Waals surface area contributed by atoms with Gasteiger partial charge in [-0.2, -0.15) is 0 Å². The zero-order chi connectivity index (χ0) is 11.0. The maximum absolute atomic E-state index is 5.73. The highest BCUT2D eigenvalue weighted by molar-refractivity contribution is 4.91. The van der Waals surface area contributed by atoms with E-state index in [1.807, 2.05) is 0 Å². The molecule has 0 amide bonds. The van der Waals surface area contributed by atoms with E-state index in [1.54, 1.807) is 0 Å². The van der Waals surface area contributed by atoms with Crippen LogP contribution in [0.2, 0.25) is 0 Å². The van der Waals surface area contributed by atoms with Gasteiger partial charge in [0.1, 0.15) is 0 Å². The van der Waals surface area contributed by atoms with Gasteiger partial charge in [-0.05, 0) is 63.3 Å². The fraction of sp³-hybridized carbons (Fsp3) is 1.00. The number of rotatable bonds is 4. The van der Waals surface area contributed by atoms with Gasteiger partial charge in [0.25, 0.3) is 0 Å². The molecule has 5 unspecified atom stereocenters. The molecule has 2 nitrogen and oxygen atoms in total. The van der Waals surface area contributed by atoms with E-state index in [0.29, 0.717) is 12.1 Å². The van der Waals surface area contributed by atoms with Crippen LogP contribution < -0.4 is 5.32 Å². The van der Waals surface area contributed by atoms with Gasteiger partial charge >= 0.3 is 0 Å². The number of nitrogens with one attached hydrogen (secondary N) is 1. The molecule has 3 rings (SSSR count). The van der Waals surface area contributed by atoms with Gasteiger partial charge in [-0.1, -0.05) is 6.42 Å². The van der Waals surface area contributed by atoms with E-state index >= 15 is 0 Å². The van der Waals surface area contributed by atoms with E-state index in [2.05, 4.69) is 12.2 Å². The fourth-order valence-corrected chi connectivity index (χ4v) is 4.09. The van der Waals surface area contributed by atoms with Crippen molar-refractivity contribution in [3.05, 3.63) is 0 Å². The van der Waals surface area contributed by atoms with Crippen molar-refractivity contribution in [3.63, 3.8) is 0 Å². The molecule has 2 bridgehead atoms. The average molecular weight is 223 g/mol. The predicted molar refractivity (Wildman–Crippen MR) is 65.4 cm³/mol. The lowest BCUT2D eigenvalue weighted by molar-refractivity contribution is 0.0811. The van der Waals surface area contributed by atoms with Crippen LogP contribution >= 0.6 is 0 Å². The Morgan fingerprint density at radius 1 is 1.25 bits per heavy atom. The SMILES string of the molecule is CC(NCC1CC2CCC1C2)C1CCCO1. The van der Waals surface area contributed by atoms with Gasteiger partial charge in [0.05, 0.1) is 6.10 Å². The quantitative estimate of drug-likeness (QED) is 0.791. The van der Waals surface area contributed by atoms with Crippen LogP contribution in [0, 0.1) is 17.8 Å². The minimum atomic E-state index is 0.485. The average Bonchev–Trinajstić information content (AvgIpc) is 3.01. The van der Waals surface area contributed by atoms with Gasteiger partial charge in [0.2, 0.25) is 0 Å². The number of ether oxygens (including phenoxy) is 1. The summed E-state index contributed by atoms with van der Waals surface area (Å²) in [6.45, 7) is 4.51. The summed E-state index contributed by atoms with van der Waals surface area (Å²) in [6.07, 6.45) is 9.04. The Labute approximate surface area is 99.1 Å². The molecule has 2 aliphatic carbocycles. The van der Waals surface area contributed by atoms with Crippen molar-refractivity contribution in [1.82, 2.24) is 5.32 Å². The van der Waals surface area contributed by atoms with E-state index in [4.69, 9.17) is 4.74 Å². The minimum absolute atomic E-state index is 0.485. The van der Waals surface area contributed by atoms with Crippen LogP contribution in [0.15, 0.2) is 0 Å². The molecule has 0 spiro atoms. The van der Waals surface area contributed by atoms with Crippen LogP contribution in [0.5, 0.6) is 0 Å². The first-order valence-corrected chi connectivity index (χ1v) is 7.18. The van der Waals surface area contributed by atoms with E-state index in [1.165, 1.54) is 45.1 Å². The van der Waals surface area contributed by atoms with Crippen molar-refractivity contribution in [2.24, 2.45) is 17.8 Å². The standard InChI is InChI=1S/C14H25NO/c1-10(14-3-2-6-16-14)15-9-13-8-11-4-5-12(13)7-11/h10-15H,2-9H2,1H3. The second kappa shape index (κ2) is 4.66. The molecular formula is C14H25NO. The molecular weight excluding hydrogens is 198 g/mol. The fourth-order valence-electron chi connectivity index (χ4n) is 4.09. The van der Waals surface area contributed by atoms with Crippen molar-refractivity contribution >= 4 is 0 Å². The highest BCUT2D eigenvalue weighted by Crippen LogP contribution is 2.47. The van der Waals surface area contributed by atoms with Gasteiger partial charge < -0.3 is 10.1 Å². The summed E-state index contributed by atoms with van der Waals surface area (Å²) in [7, 11) is 0. The van der Waals surface area contributed by atoms with E-state index in [0.717, 1.165) is 24.4 Å². The third kappa shape index (κ3) is 2.14. The lowest BCUT2D eigenvalue weighted by atomic mass is 9.88. The van der Waals surface area contributed by atoms with Gasteiger partial charge in [0, 0.05) is 12.6 Å². The lowest BCUT2D eigenvalue weighted by Crippen LogP contribution is -2.40. The Balaban J connectivity index is 1.42. The number of hydrogen-bond donors (Lipinski definition) is 1. The monoisotopic (exact) mass is 223 g/mol. The molecule has 2 heteroatoms. The lowest BCUT2D eigenvalue weighted by Gasteiger charge is -2.26. The highest BCUT2D eigenvalue weighted by atomic mass is 16.5. The predicted octanol–water partition coefficient (Wildman–Crippen LogP) is 2.58. The molecule has 5 atom stereocenters. The summed E-state index contributed by atoms with van der Waals surface area (Å²) in [6, 6.07) is 0.557. The van der Waals surface area contributed by atoms with Crippen molar-refractivity contribution in [1.29, 1.82) is 0 Å². The molecule has 0 aromatic rings. The van der Waals surface area contributed by atoms with Crippen molar-refractivity contribution in [2.45, 2.75) is 57.6 Å². The van der Waals surface area contributed by atoms with Crippen LogP contribution in [0.4, 0.5) is 0 Å². The van der Waals surface area contributed by atoms with Crippen LogP contribution in [0.25, 0.3) is 0 Å². The summed E-state index contributed by atoms with van der Waals surface area (Å²) < 4.78 is 5.73. The van der Waals surface area contributed by atoms with E-state index in [-0.39, 0.29) is 0 Å². The van der Waals surface area contributed by atoms with Crippen LogP contribution in [-0.4, -0.2) is 25.3 Å². The topological polar surface area (TPSA) is 21.3 Å². The molecule has 1 N–H and O–H groups in total. The van der Waals surface area contributed by atoms with Crippen molar-refractivity contribution in [3.8, 4) is 0 Å². The Hall–Kier alpha value is -0.0800. The Bertz CT molecular complexity index is 237. The first-order valence-electron chi connectivity index (χ1n) is 7.18. The summed E-state index contributed by atoms with van der Waals surface area (Å²) in [5.74, 6) is 3.10. The summed E-state index contributed by atoms with van der Waals surface area (Å²) in [5, 5.41) is 3.73. The molecule has 1 heterocycles. The molecule has 0 aromatic carbocycles. The second-order valence-electron chi connectivity index (χ2n) is 6.18. The second-order valence-corrected chi connectivity index (χ2v) is 6.18. The first-order chi connectivity index (χ1) is 7.83. The molecule has 2 saturated carbocycles. The largest absolute Gasteiger partial charge is 0.377 e. The first kappa shape index (κ1) is 11.0. The molecule has 3 aliphatic rings. The van der Waals surface area contributed by atoms with Crippen LogP contribution in [-0.2, 0) is 4.74 Å². The minimum Gasteiger partial charge on any atom is -0.377 e. The molecule has 3 fully saturated rings. The summed E-state index contributed by atoms with van der Waals surface area (Å²) in [5.41, 5.74) is 0.